The Kier molecular flexibility index (Phi) is 6.40. The number of rotatable bonds is 5. The number of carbonyl (C=O) groups is 1. The molecule has 28 heavy (non-hydrogen) atoms. The highest BCUT2D eigenvalue weighted by Gasteiger charge is 2.29. The Labute approximate surface area is 171 Å². The van der Waals surface area contributed by atoms with Crippen molar-refractivity contribution < 1.29 is 13.2 Å². The van der Waals surface area contributed by atoms with Gasteiger partial charge in [0.2, 0.25) is 15.9 Å². The van der Waals surface area contributed by atoms with Crippen LogP contribution in [0.3, 0.4) is 0 Å². The largest absolute Gasteiger partial charge is 0.325 e. The lowest BCUT2D eigenvalue weighted by Gasteiger charge is -2.33. The first-order valence-electron chi connectivity index (χ1n) is 9.11. The topological polar surface area (TPSA) is 69.7 Å². The number of amides is 1. The maximum absolute atomic E-state index is 12.7. The van der Waals surface area contributed by atoms with E-state index >= 15 is 0 Å². The summed E-state index contributed by atoms with van der Waals surface area (Å²) in [5.74, 6) is -0.0990. The SMILES string of the molecule is Cc1ccc(NC(=O)CN2CCN(S(=O)(=O)c3cccc(Cl)c3)CC2)c(C)c1. The molecule has 0 saturated carbocycles. The molecule has 0 aromatic heterocycles. The maximum Gasteiger partial charge on any atom is 0.243 e. The van der Waals surface area contributed by atoms with Gasteiger partial charge in [-0.1, -0.05) is 35.4 Å². The molecule has 0 bridgehead atoms. The van der Waals surface area contributed by atoms with Crippen LogP contribution < -0.4 is 5.32 Å². The number of aryl methyl sites for hydroxylation is 2. The molecule has 1 heterocycles. The van der Waals surface area contributed by atoms with Crippen molar-refractivity contribution in [3.8, 4) is 0 Å². The summed E-state index contributed by atoms with van der Waals surface area (Å²) in [6, 6.07) is 12.2. The van der Waals surface area contributed by atoms with E-state index in [0.717, 1.165) is 16.8 Å². The van der Waals surface area contributed by atoms with Crippen LogP contribution in [0, 0.1) is 13.8 Å². The molecule has 3 rings (SSSR count). The van der Waals surface area contributed by atoms with E-state index in [-0.39, 0.29) is 17.3 Å². The highest BCUT2D eigenvalue weighted by Crippen LogP contribution is 2.21. The summed E-state index contributed by atoms with van der Waals surface area (Å²) in [6.45, 7) is 5.88. The fourth-order valence-electron chi connectivity index (χ4n) is 3.25. The fraction of sp³-hybridized carbons (Fsp3) is 0.350. The summed E-state index contributed by atoms with van der Waals surface area (Å²) in [7, 11) is -3.57. The molecule has 1 saturated heterocycles. The standard InChI is InChI=1S/C20H24ClN3O3S/c1-15-6-7-19(16(2)12-15)22-20(25)14-23-8-10-24(11-9-23)28(26,27)18-5-3-4-17(21)13-18/h3-7,12-13H,8-11,14H2,1-2H3,(H,22,25). The van der Waals surface area contributed by atoms with Crippen molar-refractivity contribution >= 4 is 33.2 Å². The number of nitrogens with one attached hydrogen (secondary N) is 1. The lowest BCUT2D eigenvalue weighted by atomic mass is 10.1. The summed E-state index contributed by atoms with van der Waals surface area (Å²) in [5, 5.41) is 3.32. The summed E-state index contributed by atoms with van der Waals surface area (Å²) in [5.41, 5.74) is 2.97. The van der Waals surface area contributed by atoms with Crippen LogP contribution >= 0.6 is 11.6 Å². The van der Waals surface area contributed by atoms with Crippen molar-refractivity contribution in [3.63, 3.8) is 0 Å². The van der Waals surface area contributed by atoms with Gasteiger partial charge in [0, 0.05) is 36.9 Å². The molecule has 1 N–H and O–H groups in total. The molecule has 6 nitrogen and oxygen atoms in total. The van der Waals surface area contributed by atoms with Gasteiger partial charge in [-0.3, -0.25) is 9.69 Å². The molecule has 0 atom stereocenters. The third-order valence-electron chi connectivity index (χ3n) is 4.79. The van der Waals surface area contributed by atoms with E-state index in [1.807, 2.05) is 36.9 Å². The van der Waals surface area contributed by atoms with Gasteiger partial charge in [0.15, 0.2) is 0 Å². The lowest BCUT2D eigenvalue weighted by molar-refractivity contribution is -0.117. The molecule has 2 aromatic rings. The minimum Gasteiger partial charge on any atom is -0.325 e. The van der Waals surface area contributed by atoms with Crippen LogP contribution in [0.1, 0.15) is 11.1 Å². The van der Waals surface area contributed by atoms with Crippen LogP contribution in [0.2, 0.25) is 5.02 Å². The van der Waals surface area contributed by atoms with Crippen molar-refractivity contribution in [2.75, 3.05) is 38.0 Å². The van der Waals surface area contributed by atoms with Gasteiger partial charge in [-0.05, 0) is 43.7 Å². The fourth-order valence-corrected chi connectivity index (χ4v) is 4.97. The molecule has 0 spiro atoms. The zero-order chi connectivity index (χ0) is 20.3. The Morgan fingerprint density at radius 1 is 1.07 bits per heavy atom. The number of carbonyl (C=O) groups excluding carboxylic acids is 1. The summed E-state index contributed by atoms with van der Waals surface area (Å²) >= 11 is 5.92. The van der Waals surface area contributed by atoms with Crippen molar-refractivity contribution in [2.24, 2.45) is 0 Å². The summed E-state index contributed by atoms with van der Waals surface area (Å²) in [6.07, 6.45) is 0. The third kappa shape index (κ3) is 4.91. The van der Waals surface area contributed by atoms with Gasteiger partial charge in [-0.25, -0.2) is 8.42 Å². The number of benzene rings is 2. The Morgan fingerprint density at radius 2 is 1.79 bits per heavy atom. The van der Waals surface area contributed by atoms with Gasteiger partial charge in [-0.15, -0.1) is 0 Å². The van der Waals surface area contributed by atoms with E-state index in [0.29, 0.717) is 31.2 Å². The highest BCUT2D eigenvalue weighted by atomic mass is 35.5. The summed E-state index contributed by atoms with van der Waals surface area (Å²) in [4.78, 5) is 14.5. The first kappa shape index (κ1) is 20.8. The number of piperazine rings is 1. The summed E-state index contributed by atoms with van der Waals surface area (Å²) < 4.78 is 26.9. The number of anilines is 1. The number of nitrogens with zero attached hydrogens (tertiary/aromatic N) is 2. The molecular weight excluding hydrogens is 398 g/mol. The van der Waals surface area contributed by atoms with Gasteiger partial charge in [0.05, 0.1) is 11.4 Å². The minimum absolute atomic E-state index is 0.0990. The Morgan fingerprint density at radius 3 is 2.43 bits per heavy atom. The molecule has 1 aliphatic heterocycles. The second-order valence-electron chi connectivity index (χ2n) is 7.00. The Balaban J connectivity index is 1.56. The van der Waals surface area contributed by atoms with Crippen molar-refractivity contribution in [3.05, 3.63) is 58.6 Å². The number of sulfonamides is 1. The molecule has 1 fully saturated rings. The van der Waals surface area contributed by atoms with Gasteiger partial charge < -0.3 is 5.32 Å². The van der Waals surface area contributed by atoms with Crippen molar-refractivity contribution in [1.82, 2.24) is 9.21 Å². The zero-order valence-electron chi connectivity index (χ0n) is 16.0. The second-order valence-corrected chi connectivity index (χ2v) is 9.38. The van der Waals surface area contributed by atoms with Gasteiger partial charge in [0.1, 0.15) is 0 Å². The predicted octanol–water partition coefficient (Wildman–Crippen LogP) is 2.90. The third-order valence-corrected chi connectivity index (χ3v) is 6.92. The number of hydrogen-bond acceptors (Lipinski definition) is 4. The van der Waals surface area contributed by atoms with Gasteiger partial charge in [0.25, 0.3) is 0 Å². The Hall–Kier alpha value is -1.93. The molecule has 150 valence electrons. The maximum atomic E-state index is 12.7. The average Bonchev–Trinajstić information content (AvgIpc) is 2.64. The van der Waals surface area contributed by atoms with E-state index in [1.165, 1.54) is 10.4 Å². The van der Waals surface area contributed by atoms with Crippen molar-refractivity contribution in [1.29, 1.82) is 0 Å². The van der Waals surface area contributed by atoms with Crippen LogP contribution in [-0.2, 0) is 14.8 Å². The van der Waals surface area contributed by atoms with E-state index in [1.54, 1.807) is 18.2 Å². The molecule has 8 heteroatoms. The van der Waals surface area contributed by atoms with Crippen LogP contribution in [0.4, 0.5) is 5.69 Å². The molecule has 2 aromatic carbocycles. The lowest BCUT2D eigenvalue weighted by Crippen LogP contribution is -2.50. The zero-order valence-corrected chi connectivity index (χ0v) is 17.6. The molecule has 0 radical (unpaired) electrons. The van der Waals surface area contributed by atoms with Crippen LogP contribution in [0.5, 0.6) is 0 Å². The van der Waals surface area contributed by atoms with E-state index in [4.69, 9.17) is 11.6 Å². The minimum atomic E-state index is -3.57. The first-order chi connectivity index (χ1) is 13.3. The van der Waals surface area contributed by atoms with Gasteiger partial charge >= 0.3 is 0 Å². The second kappa shape index (κ2) is 8.61. The molecule has 1 aliphatic rings. The van der Waals surface area contributed by atoms with E-state index in [2.05, 4.69) is 5.32 Å². The number of halogens is 1. The quantitative estimate of drug-likeness (QED) is 0.805. The van der Waals surface area contributed by atoms with E-state index in [9.17, 15) is 13.2 Å². The first-order valence-corrected chi connectivity index (χ1v) is 10.9. The van der Waals surface area contributed by atoms with Crippen LogP contribution in [-0.4, -0.2) is 56.3 Å². The van der Waals surface area contributed by atoms with Crippen molar-refractivity contribution in [2.45, 2.75) is 18.7 Å². The molecule has 0 unspecified atom stereocenters. The normalized spacial score (nSPS) is 16.1. The molecule has 1 amide bonds. The van der Waals surface area contributed by atoms with Crippen LogP contribution in [0.15, 0.2) is 47.4 Å². The van der Waals surface area contributed by atoms with E-state index < -0.39 is 10.0 Å². The monoisotopic (exact) mass is 421 g/mol. The molecule has 0 aliphatic carbocycles. The highest BCUT2D eigenvalue weighted by molar-refractivity contribution is 7.89. The number of hydrogen-bond donors (Lipinski definition) is 1. The van der Waals surface area contributed by atoms with Gasteiger partial charge in [-0.2, -0.15) is 4.31 Å². The smallest absolute Gasteiger partial charge is 0.243 e. The predicted molar refractivity (Wildman–Crippen MR) is 111 cm³/mol. The van der Waals surface area contributed by atoms with Crippen LogP contribution in [0.25, 0.3) is 0 Å². The average molecular weight is 422 g/mol. The Bertz CT molecular complexity index is 970. The molecular formula is C20H24ClN3O3S.